The zero-order valence-electron chi connectivity index (χ0n) is 15.2. The van der Waals surface area contributed by atoms with Gasteiger partial charge in [-0.3, -0.25) is 4.90 Å². The molecule has 6 nitrogen and oxygen atoms in total. The van der Waals surface area contributed by atoms with Crippen molar-refractivity contribution in [1.29, 1.82) is 0 Å². The SMILES string of the molecule is CC(C)c1nn(-c2ccccc2)cc1CN1C[C@H]2[C@@H](C1)S(=O)(=O)C[C@@H]2N. The van der Waals surface area contributed by atoms with E-state index >= 15 is 0 Å². The third-order valence-electron chi connectivity index (χ3n) is 5.60. The van der Waals surface area contributed by atoms with Crippen LogP contribution in [0.1, 0.15) is 31.0 Å². The number of hydrogen-bond acceptors (Lipinski definition) is 5. The zero-order valence-corrected chi connectivity index (χ0v) is 16.1. The predicted octanol–water partition coefficient (Wildman–Crippen LogP) is 1.55. The molecule has 1 aromatic carbocycles. The third kappa shape index (κ3) is 3.08. The van der Waals surface area contributed by atoms with Gasteiger partial charge >= 0.3 is 0 Å². The van der Waals surface area contributed by atoms with E-state index in [1.54, 1.807) is 0 Å². The van der Waals surface area contributed by atoms with Gasteiger partial charge in [0.2, 0.25) is 0 Å². The highest BCUT2D eigenvalue weighted by atomic mass is 32.2. The van der Waals surface area contributed by atoms with E-state index in [1.807, 2.05) is 35.0 Å². The lowest BCUT2D eigenvalue weighted by Crippen LogP contribution is -2.33. The molecule has 0 amide bonds. The van der Waals surface area contributed by atoms with E-state index in [9.17, 15) is 8.42 Å². The van der Waals surface area contributed by atoms with E-state index in [0.29, 0.717) is 12.5 Å². The number of nitrogens with zero attached hydrogens (tertiary/aromatic N) is 3. The number of likely N-dealkylation sites (tertiary alicyclic amines) is 1. The molecule has 0 bridgehead atoms. The van der Waals surface area contributed by atoms with Crippen LogP contribution in [0.5, 0.6) is 0 Å². The summed E-state index contributed by atoms with van der Waals surface area (Å²) < 4.78 is 26.5. The van der Waals surface area contributed by atoms with Gasteiger partial charge in [0, 0.05) is 43.4 Å². The lowest BCUT2D eigenvalue weighted by atomic mass is 10.0. The first-order valence-electron chi connectivity index (χ1n) is 9.18. The predicted molar refractivity (Wildman–Crippen MR) is 102 cm³/mol. The van der Waals surface area contributed by atoms with Crippen LogP contribution in [-0.4, -0.2) is 53.2 Å². The Labute approximate surface area is 154 Å². The van der Waals surface area contributed by atoms with Crippen molar-refractivity contribution in [3.63, 3.8) is 0 Å². The van der Waals surface area contributed by atoms with Gasteiger partial charge in [0.1, 0.15) is 0 Å². The molecule has 1 aromatic heterocycles. The van der Waals surface area contributed by atoms with Crippen molar-refractivity contribution in [3.05, 3.63) is 47.8 Å². The number of aromatic nitrogens is 2. The Hall–Kier alpha value is -1.70. The molecule has 2 N–H and O–H groups in total. The third-order valence-corrected chi connectivity index (χ3v) is 7.88. The molecule has 4 rings (SSSR count). The standard InChI is InChI=1S/C19H26N4O2S/c1-13(2)19-14(9-23(21-19)15-6-4-3-5-7-15)8-22-10-16-17(20)12-26(24,25)18(16)11-22/h3-7,9,13,16-18H,8,10-12,20H2,1-2H3/t16-,17+,18-/m1/s1. The summed E-state index contributed by atoms with van der Waals surface area (Å²) in [6, 6.07) is 9.83. The maximum atomic E-state index is 12.3. The minimum absolute atomic E-state index is 0.0617. The van der Waals surface area contributed by atoms with Gasteiger partial charge in [-0.25, -0.2) is 13.1 Å². The van der Waals surface area contributed by atoms with Crippen LogP contribution in [-0.2, 0) is 16.4 Å². The number of fused-ring (bicyclic) bond motifs is 1. The van der Waals surface area contributed by atoms with Crippen LogP contribution >= 0.6 is 0 Å². The number of benzene rings is 1. The summed E-state index contributed by atoms with van der Waals surface area (Å²) >= 11 is 0. The average molecular weight is 375 g/mol. The van der Waals surface area contributed by atoms with Gasteiger partial charge in [0.05, 0.1) is 22.4 Å². The largest absolute Gasteiger partial charge is 0.326 e. The molecular formula is C19H26N4O2S. The second-order valence-corrected chi connectivity index (χ2v) is 10.1. The van der Waals surface area contributed by atoms with Gasteiger partial charge in [-0.2, -0.15) is 5.10 Å². The normalized spacial score (nSPS) is 27.9. The van der Waals surface area contributed by atoms with E-state index in [-0.39, 0.29) is 23.0 Å². The number of para-hydroxylation sites is 1. The Morgan fingerprint density at radius 2 is 1.96 bits per heavy atom. The van der Waals surface area contributed by atoms with Gasteiger partial charge in [-0.15, -0.1) is 0 Å². The Morgan fingerprint density at radius 1 is 1.23 bits per heavy atom. The molecule has 2 aliphatic rings. The van der Waals surface area contributed by atoms with E-state index in [1.165, 1.54) is 0 Å². The highest BCUT2D eigenvalue weighted by Crippen LogP contribution is 2.34. The number of rotatable bonds is 4. The van der Waals surface area contributed by atoms with Gasteiger partial charge in [-0.1, -0.05) is 32.0 Å². The maximum Gasteiger partial charge on any atom is 0.156 e. The quantitative estimate of drug-likeness (QED) is 0.878. The highest BCUT2D eigenvalue weighted by Gasteiger charge is 2.50. The minimum Gasteiger partial charge on any atom is -0.326 e. The monoisotopic (exact) mass is 374 g/mol. The van der Waals surface area contributed by atoms with Crippen LogP contribution in [0, 0.1) is 5.92 Å². The molecule has 140 valence electrons. The van der Waals surface area contributed by atoms with Crippen LogP contribution in [0.2, 0.25) is 0 Å². The second-order valence-electron chi connectivity index (χ2n) is 7.86. The van der Waals surface area contributed by atoms with Gasteiger partial charge in [-0.05, 0) is 18.1 Å². The molecule has 0 aliphatic carbocycles. The molecule has 2 aromatic rings. The van der Waals surface area contributed by atoms with Gasteiger partial charge in [0.25, 0.3) is 0 Å². The van der Waals surface area contributed by atoms with Gasteiger partial charge < -0.3 is 5.73 Å². The van der Waals surface area contributed by atoms with Crippen molar-refractivity contribution in [3.8, 4) is 5.69 Å². The molecule has 0 saturated carbocycles. The molecule has 3 heterocycles. The van der Waals surface area contributed by atoms with E-state index < -0.39 is 9.84 Å². The summed E-state index contributed by atoms with van der Waals surface area (Å²) in [5, 5.41) is 4.48. The first-order chi connectivity index (χ1) is 12.3. The smallest absolute Gasteiger partial charge is 0.156 e. The maximum absolute atomic E-state index is 12.3. The molecule has 7 heteroatoms. The van der Waals surface area contributed by atoms with Crippen molar-refractivity contribution in [1.82, 2.24) is 14.7 Å². The fourth-order valence-corrected chi connectivity index (χ4v) is 6.59. The van der Waals surface area contributed by atoms with Crippen LogP contribution in [0.4, 0.5) is 0 Å². The van der Waals surface area contributed by atoms with Crippen molar-refractivity contribution in [2.24, 2.45) is 11.7 Å². The van der Waals surface area contributed by atoms with E-state index in [0.717, 1.165) is 30.0 Å². The molecule has 3 atom stereocenters. The fourth-order valence-electron chi connectivity index (χ4n) is 4.30. The molecule has 26 heavy (non-hydrogen) atoms. The van der Waals surface area contributed by atoms with Crippen LogP contribution in [0.25, 0.3) is 5.69 Å². The van der Waals surface area contributed by atoms with Crippen molar-refractivity contribution in [2.75, 3.05) is 18.8 Å². The Balaban J connectivity index is 1.58. The van der Waals surface area contributed by atoms with Crippen LogP contribution < -0.4 is 5.73 Å². The zero-order chi connectivity index (χ0) is 18.5. The second kappa shape index (κ2) is 6.48. The first kappa shape index (κ1) is 17.7. The molecule has 0 radical (unpaired) electrons. The highest BCUT2D eigenvalue weighted by molar-refractivity contribution is 7.92. The fraction of sp³-hybridized carbons (Fsp3) is 0.526. The molecule has 0 unspecified atom stereocenters. The Bertz CT molecular complexity index is 892. The van der Waals surface area contributed by atoms with Crippen LogP contribution in [0.3, 0.4) is 0 Å². The summed E-state index contributed by atoms with van der Waals surface area (Å²) in [6.07, 6.45) is 2.08. The molecule has 2 fully saturated rings. The lowest BCUT2D eigenvalue weighted by molar-refractivity contribution is 0.307. The van der Waals surface area contributed by atoms with E-state index in [2.05, 4.69) is 24.9 Å². The van der Waals surface area contributed by atoms with E-state index in [4.69, 9.17) is 10.8 Å². The topological polar surface area (TPSA) is 81.2 Å². The van der Waals surface area contributed by atoms with Crippen LogP contribution in [0.15, 0.2) is 36.5 Å². The molecule has 2 saturated heterocycles. The molecular weight excluding hydrogens is 348 g/mol. The molecule has 2 aliphatic heterocycles. The van der Waals surface area contributed by atoms with Crippen molar-refractivity contribution < 1.29 is 8.42 Å². The Kier molecular flexibility index (Phi) is 4.41. The Morgan fingerprint density at radius 3 is 2.62 bits per heavy atom. The van der Waals surface area contributed by atoms with Crippen molar-refractivity contribution in [2.45, 2.75) is 37.6 Å². The first-order valence-corrected chi connectivity index (χ1v) is 10.9. The van der Waals surface area contributed by atoms with Crippen molar-refractivity contribution >= 4 is 9.84 Å². The summed E-state index contributed by atoms with van der Waals surface area (Å²) in [7, 11) is -3.05. The van der Waals surface area contributed by atoms with Gasteiger partial charge in [0.15, 0.2) is 9.84 Å². The number of sulfone groups is 1. The summed E-state index contributed by atoms with van der Waals surface area (Å²) in [5.74, 6) is 0.508. The summed E-state index contributed by atoms with van der Waals surface area (Å²) in [6.45, 7) is 6.32. The average Bonchev–Trinajstić information content (AvgIpc) is 3.25. The lowest BCUT2D eigenvalue weighted by Gasteiger charge is -2.18. The minimum atomic E-state index is -3.05. The number of hydrogen-bond donors (Lipinski definition) is 1. The number of nitrogens with two attached hydrogens (primary N) is 1. The summed E-state index contributed by atoms with van der Waals surface area (Å²) in [4.78, 5) is 2.23. The summed E-state index contributed by atoms with van der Waals surface area (Å²) in [5.41, 5.74) is 9.35. The molecule has 0 spiro atoms.